The van der Waals surface area contributed by atoms with E-state index in [9.17, 15) is 14.4 Å². The van der Waals surface area contributed by atoms with E-state index in [1.54, 1.807) is 12.1 Å². The Morgan fingerprint density at radius 2 is 2.17 bits per heavy atom. The Balaban J connectivity index is 2.78. The second-order valence-electron chi connectivity index (χ2n) is 3.48. The summed E-state index contributed by atoms with van der Waals surface area (Å²) in [5, 5.41) is 0.224. The van der Waals surface area contributed by atoms with Crippen LogP contribution in [0.4, 0.5) is 0 Å². The molecule has 18 heavy (non-hydrogen) atoms. The van der Waals surface area contributed by atoms with Gasteiger partial charge in [-0.3, -0.25) is 9.36 Å². The molecule has 0 aliphatic carbocycles. The van der Waals surface area contributed by atoms with Crippen molar-refractivity contribution in [2.45, 2.75) is 6.54 Å². The molecule has 6 nitrogen and oxygen atoms in total. The summed E-state index contributed by atoms with van der Waals surface area (Å²) in [6, 6.07) is 4.72. The Kier molecular flexibility index (Phi) is 3.33. The third-order valence-electron chi connectivity index (χ3n) is 2.39. The van der Waals surface area contributed by atoms with Gasteiger partial charge in [-0.25, -0.2) is 9.59 Å². The minimum atomic E-state index is -0.893. The normalized spacial score (nSPS) is 10.6. The molecule has 0 aliphatic rings. The summed E-state index contributed by atoms with van der Waals surface area (Å²) >= 11 is 3.23. The van der Waals surface area contributed by atoms with Crippen molar-refractivity contribution in [1.29, 1.82) is 0 Å². The standard InChI is InChI=1S/C11H8BrNO5/c1-17-9(14)5-13-8-4-6(12)2-3-7(8)10(15)18-11(13)16/h2-4H,5H2,1H3. The van der Waals surface area contributed by atoms with Gasteiger partial charge in [-0.1, -0.05) is 15.9 Å². The van der Waals surface area contributed by atoms with Gasteiger partial charge in [0.05, 0.1) is 18.0 Å². The van der Waals surface area contributed by atoms with Crippen molar-refractivity contribution >= 4 is 32.8 Å². The summed E-state index contributed by atoms with van der Waals surface area (Å²) in [7, 11) is 1.21. The fourth-order valence-corrected chi connectivity index (χ4v) is 1.88. The average Bonchev–Trinajstić information content (AvgIpc) is 2.33. The van der Waals surface area contributed by atoms with Crippen LogP contribution in [0.5, 0.6) is 0 Å². The number of halogens is 1. The fourth-order valence-electron chi connectivity index (χ4n) is 1.53. The molecule has 0 bridgehead atoms. The molecule has 0 aliphatic heterocycles. The highest BCUT2D eigenvalue weighted by Gasteiger charge is 2.12. The first-order valence-corrected chi connectivity index (χ1v) is 5.72. The van der Waals surface area contributed by atoms with Gasteiger partial charge in [-0.2, -0.15) is 0 Å². The van der Waals surface area contributed by atoms with Crippen LogP contribution >= 0.6 is 15.9 Å². The van der Waals surface area contributed by atoms with E-state index in [0.717, 1.165) is 4.57 Å². The number of hydrogen-bond donors (Lipinski definition) is 0. The van der Waals surface area contributed by atoms with Gasteiger partial charge < -0.3 is 9.15 Å². The van der Waals surface area contributed by atoms with Crippen LogP contribution in [0, 0.1) is 0 Å². The number of fused-ring (bicyclic) bond motifs is 1. The molecular weight excluding hydrogens is 306 g/mol. The third kappa shape index (κ3) is 2.21. The number of rotatable bonds is 2. The van der Waals surface area contributed by atoms with E-state index >= 15 is 0 Å². The largest absolute Gasteiger partial charge is 0.468 e. The van der Waals surface area contributed by atoms with E-state index in [0.29, 0.717) is 9.99 Å². The molecule has 94 valence electrons. The first-order valence-electron chi connectivity index (χ1n) is 4.93. The summed E-state index contributed by atoms with van der Waals surface area (Å²) in [6.45, 7) is -0.313. The van der Waals surface area contributed by atoms with Crippen molar-refractivity contribution in [2.75, 3.05) is 7.11 Å². The van der Waals surface area contributed by atoms with Gasteiger partial charge in [0.2, 0.25) is 0 Å². The molecule has 0 saturated heterocycles. The van der Waals surface area contributed by atoms with Crippen molar-refractivity contribution in [3.05, 3.63) is 43.6 Å². The van der Waals surface area contributed by atoms with Crippen molar-refractivity contribution in [3.63, 3.8) is 0 Å². The van der Waals surface area contributed by atoms with Crippen LogP contribution in [-0.2, 0) is 16.1 Å². The topological polar surface area (TPSA) is 78.5 Å². The zero-order chi connectivity index (χ0) is 13.3. The van der Waals surface area contributed by atoms with Gasteiger partial charge in [0, 0.05) is 4.47 Å². The highest BCUT2D eigenvalue weighted by atomic mass is 79.9. The molecule has 7 heteroatoms. The second kappa shape index (κ2) is 4.77. The molecular formula is C11H8BrNO5. The van der Waals surface area contributed by atoms with Crippen LogP contribution < -0.4 is 11.4 Å². The molecule has 1 heterocycles. The van der Waals surface area contributed by atoms with Crippen LogP contribution in [0.25, 0.3) is 10.9 Å². The molecule has 0 saturated carbocycles. The van der Waals surface area contributed by atoms with Gasteiger partial charge >= 0.3 is 17.4 Å². The lowest BCUT2D eigenvalue weighted by Gasteiger charge is -2.07. The Morgan fingerprint density at radius 3 is 2.83 bits per heavy atom. The zero-order valence-corrected chi connectivity index (χ0v) is 10.9. The SMILES string of the molecule is COC(=O)Cn1c(=O)oc(=O)c2ccc(Br)cc21. The quantitative estimate of drug-likeness (QED) is 0.769. The minimum Gasteiger partial charge on any atom is -0.468 e. The zero-order valence-electron chi connectivity index (χ0n) is 9.31. The van der Waals surface area contributed by atoms with Gasteiger partial charge in [0.1, 0.15) is 6.54 Å². The maximum Gasteiger partial charge on any atom is 0.422 e. The summed E-state index contributed by atoms with van der Waals surface area (Å²) in [5.41, 5.74) is -0.417. The Hall–Kier alpha value is -1.89. The third-order valence-corrected chi connectivity index (χ3v) is 2.88. The lowest BCUT2D eigenvalue weighted by Crippen LogP contribution is -2.28. The van der Waals surface area contributed by atoms with Crippen LogP contribution in [0.15, 0.2) is 36.7 Å². The van der Waals surface area contributed by atoms with Crippen molar-refractivity contribution in [1.82, 2.24) is 4.57 Å². The first kappa shape index (κ1) is 12.6. The van der Waals surface area contributed by atoms with Gasteiger partial charge in [-0.15, -0.1) is 0 Å². The van der Waals surface area contributed by atoms with E-state index in [4.69, 9.17) is 0 Å². The summed E-state index contributed by atoms with van der Waals surface area (Å²) < 4.78 is 10.8. The Labute approximate surface area is 109 Å². The van der Waals surface area contributed by atoms with Crippen molar-refractivity contribution in [3.8, 4) is 0 Å². The second-order valence-corrected chi connectivity index (χ2v) is 4.39. The Morgan fingerprint density at radius 1 is 1.44 bits per heavy atom. The molecule has 0 spiro atoms. The van der Waals surface area contributed by atoms with Crippen molar-refractivity contribution in [2.24, 2.45) is 0 Å². The summed E-state index contributed by atoms with van der Waals surface area (Å²) in [5.74, 6) is -1.50. The van der Waals surface area contributed by atoms with Crippen LogP contribution in [0.3, 0.4) is 0 Å². The highest BCUT2D eigenvalue weighted by molar-refractivity contribution is 9.10. The number of carbonyl (C=O) groups is 1. The summed E-state index contributed by atoms with van der Waals surface area (Å²) in [4.78, 5) is 34.3. The Bertz CT molecular complexity index is 730. The number of nitrogens with zero attached hydrogens (tertiary/aromatic N) is 1. The van der Waals surface area contributed by atoms with Gasteiger partial charge in [0.25, 0.3) is 0 Å². The smallest absolute Gasteiger partial charge is 0.422 e. The first-order chi connectivity index (χ1) is 8.52. The number of carbonyl (C=O) groups excluding carboxylic acids is 1. The fraction of sp³-hybridized carbons (Fsp3) is 0.182. The minimum absolute atomic E-state index is 0.224. The maximum atomic E-state index is 11.6. The number of benzene rings is 1. The average molecular weight is 314 g/mol. The monoisotopic (exact) mass is 313 g/mol. The van der Waals surface area contributed by atoms with E-state index in [1.807, 2.05) is 0 Å². The van der Waals surface area contributed by atoms with E-state index in [-0.39, 0.29) is 11.9 Å². The molecule has 1 aromatic heterocycles. The van der Waals surface area contributed by atoms with Crippen LogP contribution in [0.2, 0.25) is 0 Å². The highest BCUT2D eigenvalue weighted by Crippen LogP contribution is 2.16. The molecule has 2 rings (SSSR count). The number of hydrogen-bond acceptors (Lipinski definition) is 5. The molecule has 0 unspecified atom stereocenters. The predicted octanol–water partition coefficient (Wildman–Crippen LogP) is 0.890. The van der Waals surface area contributed by atoms with E-state index in [2.05, 4.69) is 25.1 Å². The lowest BCUT2D eigenvalue weighted by atomic mass is 10.2. The molecule has 1 aromatic carbocycles. The number of esters is 1. The van der Waals surface area contributed by atoms with E-state index < -0.39 is 17.4 Å². The molecule has 0 radical (unpaired) electrons. The molecule has 0 N–H and O–H groups in total. The molecule has 0 amide bonds. The van der Waals surface area contributed by atoms with Gasteiger partial charge in [0.15, 0.2) is 0 Å². The predicted molar refractivity (Wildman–Crippen MR) is 66.5 cm³/mol. The number of aromatic nitrogens is 1. The maximum absolute atomic E-state index is 11.6. The summed E-state index contributed by atoms with van der Waals surface area (Å²) in [6.07, 6.45) is 0. The van der Waals surface area contributed by atoms with Gasteiger partial charge in [-0.05, 0) is 18.2 Å². The van der Waals surface area contributed by atoms with Crippen LogP contribution in [-0.4, -0.2) is 17.6 Å². The van der Waals surface area contributed by atoms with Crippen LogP contribution in [0.1, 0.15) is 0 Å². The molecule has 0 fully saturated rings. The molecule has 0 atom stereocenters. The van der Waals surface area contributed by atoms with Crippen molar-refractivity contribution < 1.29 is 13.9 Å². The molecule has 2 aromatic rings. The lowest BCUT2D eigenvalue weighted by molar-refractivity contribution is -0.141. The van der Waals surface area contributed by atoms with E-state index in [1.165, 1.54) is 13.2 Å². The number of ether oxygens (including phenoxy) is 1. The number of methoxy groups -OCH3 is 1.